The molecule has 0 N–H and O–H groups in total. The molecular weight excluding hydrogens is 520 g/mol. The zero-order chi connectivity index (χ0) is 30.3. The minimum absolute atomic E-state index is 0.0254. The van der Waals surface area contributed by atoms with Crippen LogP contribution in [0.2, 0.25) is 0 Å². The third-order valence-electron chi connectivity index (χ3n) is 9.27. The first-order chi connectivity index (χ1) is 20.3. The normalized spacial score (nSPS) is 14.2. The Bertz CT molecular complexity index is 2070. The molecule has 0 aliphatic heterocycles. The van der Waals surface area contributed by atoms with Crippen molar-refractivity contribution < 1.29 is 0 Å². The number of aromatic nitrogens is 2. The topological polar surface area (TPSA) is 25.8 Å². The average Bonchev–Trinajstić information content (AvgIpc) is 3.21. The molecule has 2 aromatic heterocycles. The van der Waals surface area contributed by atoms with Gasteiger partial charge in [0.15, 0.2) is 0 Å². The molecule has 1 aliphatic rings. The van der Waals surface area contributed by atoms with Crippen LogP contribution in [-0.4, -0.2) is 9.97 Å². The van der Waals surface area contributed by atoms with E-state index in [1.165, 1.54) is 44.5 Å². The number of hydrogen-bond donors (Lipinski definition) is 0. The van der Waals surface area contributed by atoms with E-state index in [-0.39, 0.29) is 16.2 Å². The van der Waals surface area contributed by atoms with Gasteiger partial charge in [-0.15, -0.1) is 0 Å². The van der Waals surface area contributed by atoms with Crippen molar-refractivity contribution in [1.82, 2.24) is 9.97 Å². The zero-order valence-electron chi connectivity index (χ0n) is 26.6. The average molecular weight is 561 g/mol. The third-order valence-corrected chi connectivity index (χ3v) is 9.27. The number of pyridine rings is 2. The third kappa shape index (κ3) is 4.47. The van der Waals surface area contributed by atoms with Gasteiger partial charge in [-0.05, 0) is 68.8 Å². The Kier molecular flexibility index (Phi) is 5.98. The summed E-state index contributed by atoms with van der Waals surface area (Å²) in [5.74, 6) is 0. The number of nitrogens with zero attached hydrogens (tertiary/aromatic N) is 2. The van der Waals surface area contributed by atoms with E-state index in [9.17, 15) is 0 Å². The Balaban J connectivity index is 1.42. The second-order valence-electron chi connectivity index (χ2n) is 14.8. The first kappa shape index (κ1) is 27.5. The van der Waals surface area contributed by atoms with E-state index in [4.69, 9.17) is 9.97 Å². The van der Waals surface area contributed by atoms with Gasteiger partial charge in [0.05, 0.1) is 11.0 Å². The fourth-order valence-electron chi connectivity index (χ4n) is 6.66. The van der Waals surface area contributed by atoms with Crippen molar-refractivity contribution in [2.24, 2.45) is 0 Å². The lowest BCUT2D eigenvalue weighted by Crippen LogP contribution is -2.15. The van der Waals surface area contributed by atoms with E-state index < -0.39 is 0 Å². The van der Waals surface area contributed by atoms with Crippen molar-refractivity contribution in [1.29, 1.82) is 0 Å². The summed E-state index contributed by atoms with van der Waals surface area (Å²) in [4.78, 5) is 10.5. The first-order valence-corrected chi connectivity index (χ1v) is 15.4. The van der Waals surface area contributed by atoms with E-state index in [2.05, 4.69) is 152 Å². The van der Waals surface area contributed by atoms with Gasteiger partial charge in [0.25, 0.3) is 0 Å². The van der Waals surface area contributed by atoms with Gasteiger partial charge >= 0.3 is 0 Å². The number of hydrogen-bond acceptors (Lipinski definition) is 2. The Morgan fingerprint density at radius 1 is 0.488 bits per heavy atom. The van der Waals surface area contributed by atoms with Gasteiger partial charge in [0.1, 0.15) is 0 Å². The zero-order valence-corrected chi connectivity index (χ0v) is 26.6. The smallest absolute Gasteiger partial charge is 0.0974 e. The fraction of sp³-hybridized carbons (Fsp3) is 0.268. The molecule has 0 saturated heterocycles. The van der Waals surface area contributed by atoms with Crippen LogP contribution in [0.3, 0.4) is 0 Å². The van der Waals surface area contributed by atoms with Gasteiger partial charge in [-0.1, -0.05) is 128 Å². The van der Waals surface area contributed by atoms with Crippen molar-refractivity contribution in [3.05, 3.63) is 120 Å². The summed E-state index contributed by atoms with van der Waals surface area (Å²) in [6, 6.07) is 35.9. The number of rotatable bonds is 2. The molecule has 2 heteroatoms. The Labute approximate surface area is 255 Å². The predicted octanol–water partition coefficient (Wildman–Crippen LogP) is 11.0. The molecule has 2 nitrogen and oxygen atoms in total. The van der Waals surface area contributed by atoms with E-state index >= 15 is 0 Å². The molecule has 0 fully saturated rings. The molecule has 7 rings (SSSR count). The summed E-state index contributed by atoms with van der Waals surface area (Å²) in [6.45, 7) is 18.1. The predicted molar refractivity (Wildman–Crippen MR) is 183 cm³/mol. The van der Waals surface area contributed by atoms with Crippen LogP contribution in [0.4, 0.5) is 0 Å². The Hall–Kier alpha value is -4.30. The second kappa shape index (κ2) is 9.35. The van der Waals surface area contributed by atoms with E-state index in [0.29, 0.717) is 0 Å². The monoisotopic (exact) mass is 560 g/mol. The molecule has 6 aromatic rings. The molecule has 0 atom stereocenters. The highest BCUT2D eigenvalue weighted by Crippen LogP contribution is 2.49. The minimum atomic E-state index is -0.106. The van der Waals surface area contributed by atoms with Crippen LogP contribution in [-0.2, 0) is 16.2 Å². The van der Waals surface area contributed by atoms with Gasteiger partial charge in [0, 0.05) is 38.4 Å². The Morgan fingerprint density at radius 2 is 1.14 bits per heavy atom. The van der Waals surface area contributed by atoms with Crippen LogP contribution in [0.5, 0.6) is 0 Å². The fourth-order valence-corrected chi connectivity index (χ4v) is 6.66. The summed E-state index contributed by atoms with van der Waals surface area (Å²) in [5.41, 5.74) is 14.3. The Morgan fingerprint density at radius 3 is 1.91 bits per heavy atom. The van der Waals surface area contributed by atoms with Crippen LogP contribution < -0.4 is 0 Å². The largest absolute Gasteiger partial charge is 0.250 e. The van der Waals surface area contributed by atoms with Crippen molar-refractivity contribution in [2.45, 2.75) is 71.6 Å². The highest BCUT2D eigenvalue weighted by molar-refractivity contribution is 6.08. The maximum absolute atomic E-state index is 5.28. The lowest BCUT2D eigenvalue weighted by Gasteiger charge is -2.22. The highest BCUT2D eigenvalue weighted by Gasteiger charge is 2.35. The maximum atomic E-state index is 5.28. The molecule has 2 heterocycles. The molecule has 0 radical (unpaired) electrons. The molecule has 4 aromatic carbocycles. The molecular formula is C41H40N2. The summed E-state index contributed by atoms with van der Waals surface area (Å²) < 4.78 is 0. The second-order valence-corrected chi connectivity index (χ2v) is 14.8. The number of benzene rings is 4. The van der Waals surface area contributed by atoms with E-state index in [1.807, 2.05) is 0 Å². The SMILES string of the molecule is CC(C)(C)c1ccc2ccc3c(-c4cccc(-c5ccc6c(c5)C(C)(C)c5ccccc5-6)c4)cc(C(C)(C)C)nc3c2n1. The highest BCUT2D eigenvalue weighted by atomic mass is 14.8. The molecule has 0 amide bonds. The van der Waals surface area contributed by atoms with Crippen molar-refractivity contribution in [3.63, 3.8) is 0 Å². The van der Waals surface area contributed by atoms with Crippen molar-refractivity contribution >= 4 is 21.8 Å². The molecule has 0 unspecified atom stereocenters. The van der Waals surface area contributed by atoms with E-state index in [0.717, 1.165) is 33.2 Å². The molecule has 214 valence electrons. The summed E-state index contributed by atoms with van der Waals surface area (Å²) in [6.07, 6.45) is 0. The lowest BCUT2D eigenvalue weighted by molar-refractivity contribution is 0.570. The summed E-state index contributed by atoms with van der Waals surface area (Å²) >= 11 is 0. The minimum Gasteiger partial charge on any atom is -0.250 e. The lowest BCUT2D eigenvalue weighted by atomic mass is 9.81. The van der Waals surface area contributed by atoms with Gasteiger partial charge in [-0.25, -0.2) is 9.97 Å². The van der Waals surface area contributed by atoms with Gasteiger partial charge in [-0.3, -0.25) is 0 Å². The van der Waals surface area contributed by atoms with Crippen LogP contribution in [0.15, 0.2) is 97.1 Å². The summed E-state index contributed by atoms with van der Waals surface area (Å²) in [5, 5.41) is 2.27. The van der Waals surface area contributed by atoms with Gasteiger partial charge < -0.3 is 0 Å². The number of fused-ring (bicyclic) bond motifs is 6. The first-order valence-electron chi connectivity index (χ1n) is 15.4. The van der Waals surface area contributed by atoms with Crippen LogP contribution in [0.25, 0.3) is 55.2 Å². The van der Waals surface area contributed by atoms with Gasteiger partial charge in [-0.2, -0.15) is 0 Å². The van der Waals surface area contributed by atoms with Crippen LogP contribution in [0, 0.1) is 0 Å². The van der Waals surface area contributed by atoms with Gasteiger partial charge in [0.2, 0.25) is 0 Å². The molecule has 43 heavy (non-hydrogen) atoms. The molecule has 1 aliphatic carbocycles. The van der Waals surface area contributed by atoms with Crippen LogP contribution in [0.1, 0.15) is 77.9 Å². The van der Waals surface area contributed by atoms with Crippen LogP contribution >= 0.6 is 0 Å². The molecule has 0 bridgehead atoms. The van der Waals surface area contributed by atoms with Crippen molar-refractivity contribution in [3.8, 4) is 33.4 Å². The molecule has 0 saturated carbocycles. The maximum Gasteiger partial charge on any atom is 0.0974 e. The summed E-state index contributed by atoms with van der Waals surface area (Å²) in [7, 11) is 0. The van der Waals surface area contributed by atoms with Crippen molar-refractivity contribution in [2.75, 3.05) is 0 Å². The molecule has 0 spiro atoms. The standard InChI is InChI=1S/C41H40N2/c1-39(2,3)35-21-18-25-16-20-31-32(24-36(40(4,5)6)43-38(31)37(25)42-35)28-13-11-12-26(22-28)27-17-19-30-29-14-9-10-15-33(29)41(7,8)34(30)23-27/h9-24H,1-8H3. The van der Waals surface area contributed by atoms with E-state index in [1.54, 1.807) is 0 Å². The quantitative estimate of drug-likeness (QED) is 0.197.